The number of nitrogens with one attached hydrogen (secondary N) is 1. The van der Waals surface area contributed by atoms with Crippen LogP contribution in [0.15, 0.2) is 0 Å². The van der Waals surface area contributed by atoms with Crippen molar-refractivity contribution >= 4 is 0 Å². The molecule has 0 rings (SSSR count). The third-order valence-corrected chi connectivity index (χ3v) is 4.56. The van der Waals surface area contributed by atoms with Crippen LogP contribution in [0.3, 0.4) is 0 Å². The second kappa shape index (κ2) is 18.0. The minimum absolute atomic E-state index is 0.810. The Morgan fingerprint density at radius 1 is 0.714 bits per heavy atom. The molecule has 0 aromatic carbocycles. The molecule has 0 spiro atoms. The van der Waals surface area contributed by atoms with Crippen LogP contribution >= 0.6 is 0 Å². The van der Waals surface area contributed by atoms with Gasteiger partial charge in [-0.3, -0.25) is 0 Å². The Morgan fingerprint density at radius 2 is 1.19 bits per heavy atom. The molecule has 0 aliphatic carbocycles. The van der Waals surface area contributed by atoms with Crippen LogP contribution in [0.25, 0.3) is 0 Å². The van der Waals surface area contributed by atoms with Gasteiger partial charge in [0, 0.05) is 0 Å². The Labute approximate surface area is 134 Å². The van der Waals surface area contributed by atoms with Gasteiger partial charge in [-0.15, -0.1) is 0 Å². The van der Waals surface area contributed by atoms with E-state index >= 15 is 0 Å². The van der Waals surface area contributed by atoms with Crippen LogP contribution in [-0.4, -0.2) is 19.6 Å². The van der Waals surface area contributed by atoms with E-state index in [0.29, 0.717) is 0 Å². The van der Waals surface area contributed by atoms with E-state index in [9.17, 15) is 0 Å². The number of nitrogens with two attached hydrogens (primary N) is 1. The highest BCUT2D eigenvalue weighted by Crippen LogP contribution is 2.15. The Bertz CT molecular complexity index is 182. The van der Waals surface area contributed by atoms with Crippen molar-refractivity contribution in [2.24, 2.45) is 11.7 Å². The van der Waals surface area contributed by atoms with Gasteiger partial charge in [0.1, 0.15) is 0 Å². The van der Waals surface area contributed by atoms with Crippen molar-refractivity contribution in [3.8, 4) is 0 Å². The number of unbranched alkanes of at least 4 members (excludes halogenated alkanes) is 9. The smallest absolute Gasteiger partial charge is 0.00369 e. The fourth-order valence-corrected chi connectivity index (χ4v) is 2.71. The van der Waals surface area contributed by atoms with E-state index in [1.54, 1.807) is 0 Å². The average Bonchev–Trinajstić information content (AvgIpc) is 2.50. The predicted molar refractivity (Wildman–Crippen MR) is 96.8 cm³/mol. The molecule has 21 heavy (non-hydrogen) atoms. The molecule has 0 aromatic heterocycles. The monoisotopic (exact) mass is 298 g/mol. The van der Waals surface area contributed by atoms with Crippen molar-refractivity contribution in [2.75, 3.05) is 19.6 Å². The fraction of sp³-hybridized carbons (Fsp3) is 1.00. The maximum Gasteiger partial charge on any atom is -0.00369 e. The summed E-state index contributed by atoms with van der Waals surface area (Å²) in [6.07, 6.45) is 18.2. The van der Waals surface area contributed by atoms with Crippen molar-refractivity contribution in [2.45, 2.75) is 97.3 Å². The molecular formula is C19H42N2. The average molecular weight is 299 g/mol. The molecule has 1 atom stereocenters. The molecule has 0 radical (unpaired) electrons. The third kappa shape index (κ3) is 17.9. The molecule has 2 heteroatoms. The highest BCUT2D eigenvalue weighted by molar-refractivity contribution is 4.53. The molecule has 1 unspecified atom stereocenters. The zero-order valence-corrected chi connectivity index (χ0v) is 15.0. The Kier molecular flexibility index (Phi) is 17.9. The molecular weight excluding hydrogens is 256 g/mol. The van der Waals surface area contributed by atoms with Gasteiger partial charge >= 0.3 is 0 Å². The molecule has 0 saturated heterocycles. The lowest BCUT2D eigenvalue weighted by molar-refractivity contribution is 0.468. The van der Waals surface area contributed by atoms with E-state index in [2.05, 4.69) is 19.2 Å². The highest BCUT2D eigenvalue weighted by Gasteiger charge is 1.98. The minimum Gasteiger partial charge on any atom is -0.330 e. The first kappa shape index (κ1) is 20.9. The van der Waals surface area contributed by atoms with Crippen molar-refractivity contribution in [3.63, 3.8) is 0 Å². The minimum atomic E-state index is 0.810. The summed E-state index contributed by atoms with van der Waals surface area (Å²) >= 11 is 0. The first-order valence-electron chi connectivity index (χ1n) is 9.72. The molecule has 0 fully saturated rings. The van der Waals surface area contributed by atoms with Crippen LogP contribution in [0.2, 0.25) is 0 Å². The summed E-state index contributed by atoms with van der Waals surface area (Å²) < 4.78 is 0. The van der Waals surface area contributed by atoms with Gasteiger partial charge in [-0.25, -0.2) is 0 Å². The maximum absolute atomic E-state index is 5.46. The summed E-state index contributed by atoms with van der Waals surface area (Å²) in [4.78, 5) is 0. The SMILES string of the molecule is CCC(C)CCCCCCCCCCCCNCCCN. The van der Waals surface area contributed by atoms with Gasteiger partial charge in [-0.2, -0.15) is 0 Å². The van der Waals surface area contributed by atoms with E-state index in [-0.39, 0.29) is 0 Å². The quantitative estimate of drug-likeness (QED) is 0.359. The fourth-order valence-electron chi connectivity index (χ4n) is 2.71. The Morgan fingerprint density at radius 3 is 1.71 bits per heavy atom. The van der Waals surface area contributed by atoms with E-state index in [0.717, 1.165) is 25.4 Å². The molecule has 0 aliphatic rings. The molecule has 0 aromatic rings. The molecule has 0 heterocycles. The van der Waals surface area contributed by atoms with Gasteiger partial charge in [0.15, 0.2) is 0 Å². The van der Waals surface area contributed by atoms with Crippen molar-refractivity contribution in [1.82, 2.24) is 5.32 Å². The topological polar surface area (TPSA) is 38.0 Å². The molecule has 128 valence electrons. The first-order chi connectivity index (χ1) is 10.3. The van der Waals surface area contributed by atoms with Crippen LogP contribution in [-0.2, 0) is 0 Å². The molecule has 0 amide bonds. The van der Waals surface area contributed by atoms with E-state index in [1.165, 1.54) is 83.6 Å². The summed E-state index contributed by atoms with van der Waals surface area (Å²) in [5.41, 5.74) is 5.46. The van der Waals surface area contributed by atoms with Crippen LogP contribution in [0.1, 0.15) is 97.3 Å². The number of rotatable bonds is 17. The normalized spacial score (nSPS) is 12.7. The summed E-state index contributed by atoms with van der Waals surface area (Å²) in [6.45, 7) is 7.77. The largest absolute Gasteiger partial charge is 0.330 e. The number of hydrogen-bond donors (Lipinski definition) is 2. The highest BCUT2D eigenvalue weighted by atomic mass is 14.8. The van der Waals surface area contributed by atoms with Gasteiger partial charge < -0.3 is 11.1 Å². The van der Waals surface area contributed by atoms with Gasteiger partial charge in [0.05, 0.1) is 0 Å². The summed E-state index contributed by atoms with van der Waals surface area (Å²) in [5, 5.41) is 3.45. The second-order valence-electron chi connectivity index (χ2n) is 6.73. The first-order valence-corrected chi connectivity index (χ1v) is 9.72. The summed E-state index contributed by atoms with van der Waals surface area (Å²) in [6, 6.07) is 0. The standard InChI is InChI=1S/C19H42N2/c1-3-19(2)15-12-10-8-6-4-5-7-9-11-13-17-21-18-14-16-20/h19,21H,3-18,20H2,1-2H3. The third-order valence-electron chi connectivity index (χ3n) is 4.56. The second-order valence-corrected chi connectivity index (χ2v) is 6.73. The predicted octanol–water partition coefficient (Wildman–Crippen LogP) is 5.26. The van der Waals surface area contributed by atoms with Crippen LogP contribution in [0, 0.1) is 5.92 Å². The van der Waals surface area contributed by atoms with Crippen molar-refractivity contribution in [3.05, 3.63) is 0 Å². The zero-order chi connectivity index (χ0) is 15.6. The lowest BCUT2D eigenvalue weighted by atomic mass is 9.99. The Balaban J connectivity index is 2.96. The van der Waals surface area contributed by atoms with Crippen molar-refractivity contribution in [1.29, 1.82) is 0 Å². The van der Waals surface area contributed by atoms with E-state index < -0.39 is 0 Å². The molecule has 0 saturated carbocycles. The summed E-state index contributed by atoms with van der Waals surface area (Å²) in [7, 11) is 0. The Hall–Kier alpha value is -0.0800. The summed E-state index contributed by atoms with van der Waals surface area (Å²) in [5.74, 6) is 0.940. The molecule has 2 nitrogen and oxygen atoms in total. The molecule has 0 aliphatic heterocycles. The van der Waals surface area contributed by atoms with Crippen LogP contribution < -0.4 is 11.1 Å². The maximum atomic E-state index is 5.46. The lowest BCUT2D eigenvalue weighted by Gasteiger charge is -2.07. The lowest BCUT2D eigenvalue weighted by Crippen LogP contribution is -2.19. The van der Waals surface area contributed by atoms with Gasteiger partial charge in [-0.1, -0.05) is 84.5 Å². The van der Waals surface area contributed by atoms with E-state index in [1.807, 2.05) is 0 Å². The van der Waals surface area contributed by atoms with Gasteiger partial charge in [0.2, 0.25) is 0 Å². The molecule has 0 bridgehead atoms. The van der Waals surface area contributed by atoms with Crippen molar-refractivity contribution < 1.29 is 0 Å². The number of hydrogen-bond acceptors (Lipinski definition) is 2. The van der Waals surface area contributed by atoms with Gasteiger partial charge in [-0.05, 0) is 38.4 Å². The van der Waals surface area contributed by atoms with Crippen LogP contribution in [0.4, 0.5) is 0 Å². The van der Waals surface area contributed by atoms with E-state index in [4.69, 9.17) is 5.73 Å². The zero-order valence-electron chi connectivity index (χ0n) is 15.0. The molecule has 3 N–H and O–H groups in total. The van der Waals surface area contributed by atoms with Crippen LogP contribution in [0.5, 0.6) is 0 Å². The van der Waals surface area contributed by atoms with Gasteiger partial charge in [0.25, 0.3) is 0 Å².